The molecule has 0 aliphatic carbocycles. The predicted octanol–water partition coefficient (Wildman–Crippen LogP) is 2.76. The molecule has 2 rings (SSSR count). The summed E-state index contributed by atoms with van der Waals surface area (Å²) in [7, 11) is 2.15. The first-order chi connectivity index (χ1) is 7.72. The van der Waals surface area contributed by atoms with Crippen LogP contribution >= 0.6 is 0 Å². The summed E-state index contributed by atoms with van der Waals surface area (Å²) in [6, 6.07) is 6.64. The van der Waals surface area contributed by atoms with E-state index in [4.69, 9.17) is 0 Å². The Morgan fingerprint density at radius 3 is 3.06 bits per heavy atom. The van der Waals surface area contributed by atoms with Crippen LogP contribution in [0.5, 0.6) is 0 Å². The molecule has 1 aliphatic rings. The third-order valence-electron chi connectivity index (χ3n) is 3.47. The number of rotatable bonds is 3. The van der Waals surface area contributed by atoms with Gasteiger partial charge in [-0.05, 0) is 36.0 Å². The molecular formula is C14H19NO. The minimum Gasteiger partial charge on any atom is -0.374 e. The predicted molar refractivity (Wildman–Crippen MR) is 67.1 cm³/mol. The van der Waals surface area contributed by atoms with Gasteiger partial charge in [-0.1, -0.05) is 19.1 Å². The lowest BCUT2D eigenvalue weighted by Crippen LogP contribution is -2.24. The van der Waals surface area contributed by atoms with Crippen molar-refractivity contribution >= 4 is 12.0 Å². The van der Waals surface area contributed by atoms with E-state index in [0.717, 1.165) is 12.8 Å². The Morgan fingerprint density at radius 2 is 2.31 bits per heavy atom. The molecule has 2 heteroatoms. The smallest absolute Gasteiger partial charge is 0.120 e. The standard InChI is InChI=1S/C14H19NO/c1-11(7-9-16)12-5-6-14-13(10-12)4-3-8-15(14)2/h5-6,9-11H,3-4,7-8H2,1-2H3. The topological polar surface area (TPSA) is 20.3 Å². The number of anilines is 1. The number of nitrogens with zero attached hydrogens (tertiary/aromatic N) is 1. The molecule has 0 bridgehead atoms. The lowest BCUT2D eigenvalue weighted by Gasteiger charge is -2.28. The van der Waals surface area contributed by atoms with Gasteiger partial charge in [-0.2, -0.15) is 0 Å². The second-order valence-corrected chi connectivity index (χ2v) is 4.72. The molecule has 1 aromatic rings. The molecule has 1 heterocycles. The average Bonchev–Trinajstić information content (AvgIpc) is 2.29. The van der Waals surface area contributed by atoms with E-state index < -0.39 is 0 Å². The number of hydrogen-bond donors (Lipinski definition) is 0. The van der Waals surface area contributed by atoms with Gasteiger partial charge in [-0.3, -0.25) is 0 Å². The van der Waals surface area contributed by atoms with Crippen molar-refractivity contribution in [3.8, 4) is 0 Å². The van der Waals surface area contributed by atoms with Crippen LogP contribution in [0.1, 0.15) is 36.8 Å². The molecule has 0 saturated heterocycles. The summed E-state index contributed by atoms with van der Waals surface area (Å²) in [5.74, 6) is 0.343. The van der Waals surface area contributed by atoms with Crippen LogP contribution in [0.15, 0.2) is 18.2 Å². The van der Waals surface area contributed by atoms with E-state index in [2.05, 4.69) is 37.1 Å². The van der Waals surface area contributed by atoms with E-state index in [-0.39, 0.29) is 0 Å². The van der Waals surface area contributed by atoms with E-state index in [0.29, 0.717) is 12.3 Å². The molecule has 2 nitrogen and oxygen atoms in total. The molecule has 1 aliphatic heterocycles. The van der Waals surface area contributed by atoms with Crippen LogP contribution in [0.3, 0.4) is 0 Å². The molecule has 0 N–H and O–H groups in total. The van der Waals surface area contributed by atoms with Crippen molar-refractivity contribution in [1.82, 2.24) is 0 Å². The van der Waals surface area contributed by atoms with Gasteiger partial charge in [-0.25, -0.2) is 0 Å². The van der Waals surface area contributed by atoms with Crippen molar-refractivity contribution in [3.05, 3.63) is 29.3 Å². The van der Waals surface area contributed by atoms with Gasteiger partial charge in [0.1, 0.15) is 6.29 Å². The Bertz CT molecular complexity index is 386. The van der Waals surface area contributed by atoms with Gasteiger partial charge in [0.05, 0.1) is 0 Å². The minimum atomic E-state index is 0.343. The molecule has 1 atom stereocenters. The Hall–Kier alpha value is -1.31. The van der Waals surface area contributed by atoms with Crippen molar-refractivity contribution in [1.29, 1.82) is 0 Å². The highest BCUT2D eigenvalue weighted by Gasteiger charge is 2.15. The van der Waals surface area contributed by atoms with Gasteiger partial charge in [0.25, 0.3) is 0 Å². The highest BCUT2D eigenvalue weighted by molar-refractivity contribution is 5.57. The van der Waals surface area contributed by atoms with Crippen LogP contribution < -0.4 is 4.90 Å². The summed E-state index contributed by atoms with van der Waals surface area (Å²) >= 11 is 0. The maximum absolute atomic E-state index is 10.5. The van der Waals surface area contributed by atoms with Crippen molar-refractivity contribution < 1.29 is 4.79 Å². The first kappa shape index (κ1) is 11.2. The zero-order valence-corrected chi connectivity index (χ0v) is 10.1. The Balaban J connectivity index is 2.28. The number of aldehydes is 1. The summed E-state index contributed by atoms with van der Waals surface area (Å²) in [4.78, 5) is 12.8. The second-order valence-electron chi connectivity index (χ2n) is 4.72. The normalized spacial score (nSPS) is 16.8. The zero-order valence-electron chi connectivity index (χ0n) is 10.1. The monoisotopic (exact) mass is 217 g/mol. The highest BCUT2D eigenvalue weighted by Crippen LogP contribution is 2.29. The zero-order chi connectivity index (χ0) is 11.5. The maximum Gasteiger partial charge on any atom is 0.120 e. The molecule has 16 heavy (non-hydrogen) atoms. The molecular weight excluding hydrogens is 198 g/mol. The fraction of sp³-hybridized carbons (Fsp3) is 0.500. The quantitative estimate of drug-likeness (QED) is 0.726. The van der Waals surface area contributed by atoms with Crippen LogP contribution in [0.25, 0.3) is 0 Å². The van der Waals surface area contributed by atoms with Gasteiger partial charge >= 0.3 is 0 Å². The number of carbonyl (C=O) groups is 1. The van der Waals surface area contributed by atoms with Gasteiger partial charge < -0.3 is 9.69 Å². The van der Waals surface area contributed by atoms with Crippen LogP contribution in [0.4, 0.5) is 5.69 Å². The maximum atomic E-state index is 10.5. The molecule has 0 spiro atoms. The largest absolute Gasteiger partial charge is 0.374 e. The summed E-state index contributed by atoms with van der Waals surface area (Å²) in [5, 5.41) is 0. The van der Waals surface area contributed by atoms with Crippen molar-refractivity contribution in [2.24, 2.45) is 0 Å². The van der Waals surface area contributed by atoms with E-state index in [1.165, 1.54) is 29.7 Å². The molecule has 0 radical (unpaired) electrons. The fourth-order valence-electron chi connectivity index (χ4n) is 2.39. The van der Waals surface area contributed by atoms with Crippen LogP contribution in [0, 0.1) is 0 Å². The van der Waals surface area contributed by atoms with E-state index in [1.807, 2.05) is 0 Å². The van der Waals surface area contributed by atoms with Crippen LogP contribution in [0.2, 0.25) is 0 Å². The first-order valence-electron chi connectivity index (χ1n) is 6.00. The molecule has 0 saturated carbocycles. The third kappa shape index (κ3) is 2.11. The van der Waals surface area contributed by atoms with Gasteiger partial charge in [-0.15, -0.1) is 0 Å². The number of aryl methyl sites for hydroxylation is 1. The number of carbonyl (C=O) groups excluding carboxylic acids is 1. The summed E-state index contributed by atoms with van der Waals surface area (Å²) < 4.78 is 0. The highest BCUT2D eigenvalue weighted by atomic mass is 16.1. The Labute approximate surface area is 97.3 Å². The SMILES string of the molecule is CC(CC=O)c1ccc2c(c1)CCCN2C. The van der Waals surface area contributed by atoms with Crippen LogP contribution in [-0.2, 0) is 11.2 Å². The van der Waals surface area contributed by atoms with E-state index in [9.17, 15) is 4.79 Å². The van der Waals surface area contributed by atoms with Crippen molar-refractivity contribution in [3.63, 3.8) is 0 Å². The average molecular weight is 217 g/mol. The molecule has 1 unspecified atom stereocenters. The van der Waals surface area contributed by atoms with Gasteiger partial charge in [0, 0.05) is 25.7 Å². The fourth-order valence-corrected chi connectivity index (χ4v) is 2.39. The second kappa shape index (κ2) is 4.69. The van der Waals surface area contributed by atoms with Gasteiger partial charge in [0.15, 0.2) is 0 Å². The van der Waals surface area contributed by atoms with Crippen molar-refractivity contribution in [2.75, 3.05) is 18.5 Å². The third-order valence-corrected chi connectivity index (χ3v) is 3.47. The number of fused-ring (bicyclic) bond motifs is 1. The summed E-state index contributed by atoms with van der Waals surface area (Å²) in [6.07, 6.45) is 4.03. The number of benzene rings is 1. The van der Waals surface area contributed by atoms with Crippen molar-refractivity contribution in [2.45, 2.75) is 32.1 Å². The Morgan fingerprint density at radius 1 is 1.50 bits per heavy atom. The molecule has 0 aromatic heterocycles. The summed E-state index contributed by atoms with van der Waals surface area (Å²) in [6.45, 7) is 3.26. The summed E-state index contributed by atoms with van der Waals surface area (Å²) in [5.41, 5.74) is 4.08. The molecule has 1 aromatic carbocycles. The van der Waals surface area contributed by atoms with E-state index in [1.54, 1.807) is 0 Å². The molecule has 86 valence electrons. The minimum absolute atomic E-state index is 0.343. The first-order valence-corrected chi connectivity index (χ1v) is 6.00. The molecule has 0 amide bonds. The Kier molecular flexibility index (Phi) is 3.28. The lowest BCUT2D eigenvalue weighted by atomic mass is 9.93. The lowest BCUT2D eigenvalue weighted by molar-refractivity contribution is -0.108. The molecule has 0 fully saturated rings. The van der Waals surface area contributed by atoms with Gasteiger partial charge in [0.2, 0.25) is 0 Å². The van der Waals surface area contributed by atoms with E-state index >= 15 is 0 Å². The van der Waals surface area contributed by atoms with Crippen LogP contribution in [-0.4, -0.2) is 19.9 Å². The number of hydrogen-bond acceptors (Lipinski definition) is 2.